The summed E-state index contributed by atoms with van der Waals surface area (Å²) in [6.07, 6.45) is 1.02. The van der Waals surface area contributed by atoms with E-state index in [1.165, 1.54) is 13.2 Å². The Balaban J connectivity index is 2.99. The normalized spacial score (nSPS) is 9.50. The van der Waals surface area contributed by atoms with E-state index in [1.807, 2.05) is 0 Å². The molecular weight excluding hydrogens is 182 g/mol. The number of aldehydes is 1. The van der Waals surface area contributed by atoms with Crippen molar-refractivity contribution < 1.29 is 14.3 Å². The third kappa shape index (κ3) is 2.10. The number of ether oxygens (including phenoxy) is 1. The van der Waals surface area contributed by atoms with Crippen LogP contribution in [-0.4, -0.2) is 19.4 Å². The van der Waals surface area contributed by atoms with Gasteiger partial charge in [0.15, 0.2) is 0 Å². The molecule has 0 aliphatic carbocycles. The molecule has 0 aliphatic rings. The third-order valence-corrected chi connectivity index (χ3v) is 1.87. The summed E-state index contributed by atoms with van der Waals surface area (Å²) in [5.41, 5.74) is 7.17. The predicted molar refractivity (Wildman–Crippen MR) is 52.0 cm³/mol. The van der Waals surface area contributed by atoms with Crippen LogP contribution in [-0.2, 0) is 16.0 Å². The monoisotopic (exact) mass is 193 g/mol. The quantitative estimate of drug-likeness (QED) is 0.438. The van der Waals surface area contributed by atoms with Gasteiger partial charge in [-0.3, -0.25) is 0 Å². The first-order valence-corrected chi connectivity index (χ1v) is 4.09. The van der Waals surface area contributed by atoms with Crippen LogP contribution >= 0.6 is 0 Å². The molecule has 14 heavy (non-hydrogen) atoms. The lowest BCUT2D eigenvalue weighted by molar-refractivity contribution is -0.107. The highest BCUT2D eigenvalue weighted by Crippen LogP contribution is 2.14. The van der Waals surface area contributed by atoms with Crippen molar-refractivity contribution in [1.29, 1.82) is 0 Å². The van der Waals surface area contributed by atoms with Crippen LogP contribution in [0.25, 0.3) is 0 Å². The summed E-state index contributed by atoms with van der Waals surface area (Å²) < 4.78 is 4.53. The van der Waals surface area contributed by atoms with Crippen LogP contribution in [0, 0.1) is 0 Å². The van der Waals surface area contributed by atoms with Crippen molar-refractivity contribution in [3.05, 3.63) is 29.3 Å². The minimum Gasteiger partial charge on any atom is -0.465 e. The van der Waals surface area contributed by atoms with Gasteiger partial charge in [-0.1, -0.05) is 6.07 Å². The second-order valence-corrected chi connectivity index (χ2v) is 2.78. The van der Waals surface area contributed by atoms with E-state index in [0.29, 0.717) is 16.8 Å². The standard InChI is InChI=1S/C10H11NO3/c1-14-10(13)8-3-2-7(4-5-12)9(11)6-8/h2-3,5-6H,4,11H2,1H3. The molecule has 0 saturated carbocycles. The van der Waals surface area contributed by atoms with Crippen molar-refractivity contribution in [1.82, 2.24) is 0 Å². The fourth-order valence-electron chi connectivity index (χ4n) is 1.12. The average Bonchev–Trinajstić information content (AvgIpc) is 2.20. The van der Waals surface area contributed by atoms with Gasteiger partial charge >= 0.3 is 5.97 Å². The zero-order valence-electron chi connectivity index (χ0n) is 7.82. The molecule has 0 spiro atoms. The molecule has 0 amide bonds. The number of benzene rings is 1. The summed E-state index contributed by atoms with van der Waals surface area (Å²) in [5, 5.41) is 0. The minimum atomic E-state index is -0.436. The van der Waals surface area contributed by atoms with Crippen molar-refractivity contribution in [2.45, 2.75) is 6.42 Å². The molecule has 0 unspecified atom stereocenters. The van der Waals surface area contributed by atoms with Crippen LogP contribution in [0.2, 0.25) is 0 Å². The molecule has 1 rings (SSSR count). The number of nitrogen functional groups attached to an aromatic ring is 1. The number of hydrogen-bond acceptors (Lipinski definition) is 4. The van der Waals surface area contributed by atoms with Crippen LogP contribution in [0.15, 0.2) is 18.2 Å². The lowest BCUT2D eigenvalue weighted by atomic mass is 10.1. The second-order valence-electron chi connectivity index (χ2n) is 2.78. The van der Waals surface area contributed by atoms with E-state index >= 15 is 0 Å². The highest BCUT2D eigenvalue weighted by atomic mass is 16.5. The summed E-state index contributed by atoms with van der Waals surface area (Å²) in [6.45, 7) is 0. The van der Waals surface area contributed by atoms with Gasteiger partial charge in [-0.05, 0) is 17.7 Å². The van der Waals surface area contributed by atoms with E-state index < -0.39 is 5.97 Å². The lowest BCUT2D eigenvalue weighted by Gasteiger charge is -2.04. The van der Waals surface area contributed by atoms with Gasteiger partial charge in [0, 0.05) is 12.1 Å². The number of rotatable bonds is 3. The fourth-order valence-corrected chi connectivity index (χ4v) is 1.12. The first-order valence-electron chi connectivity index (χ1n) is 4.09. The molecule has 4 nitrogen and oxygen atoms in total. The van der Waals surface area contributed by atoms with Crippen molar-refractivity contribution >= 4 is 17.9 Å². The Morgan fingerprint density at radius 1 is 1.57 bits per heavy atom. The Hall–Kier alpha value is -1.84. The third-order valence-electron chi connectivity index (χ3n) is 1.87. The van der Waals surface area contributed by atoms with Gasteiger partial charge in [0.1, 0.15) is 6.29 Å². The van der Waals surface area contributed by atoms with Crippen molar-refractivity contribution in [3.8, 4) is 0 Å². The SMILES string of the molecule is COC(=O)c1ccc(CC=O)c(N)c1. The summed E-state index contributed by atoms with van der Waals surface area (Å²) >= 11 is 0. The summed E-state index contributed by atoms with van der Waals surface area (Å²) in [6, 6.07) is 4.74. The largest absolute Gasteiger partial charge is 0.465 e. The van der Waals surface area contributed by atoms with E-state index in [0.717, 1.165) is 6.29 Å². The Morgan fingerprint density at radius 2 is 2.29 bits per heavy atom. The van der Waals surface area contributed by atoms with Gasteiger partial charge in [0.05, 0.1) is 12.7 Å². The number of methoxy groups -OCH3 is 1. The van der Waals surface area contributed by atoms with Crippen molar-refractivity contribution in [3.63, 3.8) is 0 Å². The van der Waals surface area contributed by atoms with Gasteiger partial charge in [-0.15, -0.1) is 0 Å². The van der Waals surface area contributed by atoms with Crippen molar-refractivity contribution in [2.24, 2.45) is 0 Å². The number of carbonyl (C=O) groups excluding carboxylic acids is 2. The first-order chi connectivity index (χ1) is 6.69. The lowest BCUT2D eigenvalue weighted by Crippen LogP contribution is -2.04. The number of carbonyl (C=O) groups is 2. The van der Waals surface area contributed by atoms with E-state index in [2.05, 4.69) is 4.74 Å². The summed E-state index contributed by atoms with van der Waals surface area (Å²) in [7, 11) is 1.30. The molecule has 2 N–H and O–H groups in total. The highest BCUT2D eigenvalue weighted by molar-refractivity contribution is 5.90. The molecule has 1 aromatic rings. The second kappa shape index (κ2) is 4.41. The van der Waals surface area contributed by atoms with E-state index in [4.69, 9.17) is 5.73 Å². The molecule has 4 heteroatoms. The molecule has 0 heterocycles. The maximum absolute atomic E-state index is 11.1. The smallest absolute Gasteiger partial charge is 0.337 e. The molecule has 0 atom stereocenters. The van der Waals surface area contributed by atoms with Crippen molar-refractivity contribution in [2.75, 3.05) is 12.8 Å². The number of esters is 1. The number of nitrogens with two attached hydrogens (primary N) is 1. The molecular formula is C10H11NO3. The van der Waals surface area contributed by atoms with E-state index in [9.17, 15) is 9.59 Å². The summed E-state index contributed by atoms with van der Waals surface area (Å²) in [4.78, 5) is 21.3. The Kier molecular flexibility index (Phi) is 3.23. The van der Waals surface area contributed by atoms with Crippen LogP contribution in [0.5, 0.6) is 0 Å². The zero-order valence-corrected chi connectivity index (χ0v) is 7.82. The predicted octanol–water partition coefficient (Wildman–Crippen LogP) is 0.797. The number of anilines is 1. The first kappa shape index (κ1) is 10.2. The van der Waals surface area contributed by atoms with Gasteiger partial charge < -0.3 is 15.3 Å². The molecule has 0 saturated heterocycles. The van der Waals surface area contributed by atoms with Gasteiger partial charge in [-0.2, -0.15) is 0 Å². The van der Waals surface area contributed by atoms with Crippen LogP contribution in [0.4, 0.5) is 5.69 Å². The Morgan fingerprint density at radius 3 is 2.79 bits per heavy atom. The number of hydrogen-bond donors (Lipinski definition) is 1. The van der Waals surface area contributed by atoms with Gasteiger partial charge in [0.2, 0.25) is 0 Å². The molecule has 74 valence electrons. The van der Waals surface area contributed by atoms with E-state index in [-0.39, 0.29) is 6.42 Å². The van der Waals surface area contributed by atoms with Crippen LogP contribution in [0.1, 0.15) is 15.9 Å². The minimum absolute atomic E-state index is 0.257. The van der Waals surface area contributed by atoms with Gasteiger partial charge in [-0.25, -0.2) is 4.79 Å². The van der Waals surface area contributed by atoms with E-state index in [1.54, 1.807) is 12.1 Å². The zero-order chi connectivity index (χ0) is 10.6. The molecule has 0 bridgehead atoms. The maximum Gasteiger partial charge on any atom is 0.337 e. The fraction of sp³-hybridized carbons (Fsp3) is 0.200. The molecule has 0 fully saturated rings. The summed E-state index contributed by atoms with van der Waals surface area (Å²) in [5.74, 6) is -0.436. The molecule has 0 aromatic heterocycles. The highest BCUT2D eigenvalue weighted by Gasteiger charge is 2.07. The average molecular weight is 193 g/mol. The van der Waals surface area contributed by atoms with Gasteiger partial charge in [0.25, 0.3) is 0 Å². The molecule has 0 radical (unpaired) electrons. The Bertz CT molecular complexity index is 360. The van der Waals surface area contributed by atoms with Crippen LogP contribution in [0.3, 0.4) is 0 Å². The molecule has 1 aromatic carbocycles. The van der Waals surface area contributed by atoms with Crippen LogP contribution < -0.4 is 5.73 Å². The maximum atomic E-state index is 11.1. The Labute approximate surface area is 81.7 Å². The molecule has 0 aliphatic heterocycles. The topological polar surface area (TPSA) is 69.4 Å².